The average molecular weight is 294 g/mol. The van der Waals surface area contributed by atoms with Crippen molar-refractivity contribution in [3.8, 4) is 5.75 Å². The molecule has 1 aromatic carbocycles. The van der Waals surface area contributed by atoms with Gasteiger partial charge in [-0.2, -0.15) is 0 Å². The Morgan fingerprint density at radius 1 is 1.33 bits per heavy atom. The molecule has 0 spiro atoms. The number of rotatable bonds is 5. The minimum absolute atomic E-state index is 0.0764. The van der Waals surface area contributed by atoms with E-state index >= 15 is 0 Å². The fraction of sp³-hybridized carbons (Fsp3) is 0.562. The molecule has 2 atom stereocenters. The van der Waals surface area contributed by atoms with Crippen LogP contribution in [0.4, 0.5) is 4.79 Å². The summed E-state index contributed by atoms with van der Waals surface area (Å²) in [7, 11) is 0. The predicted molar refractivity (Wildman–Crippen MR) is 83.4 cm³/mol. The standard InChI is InChI=1S/C16H26N2O3/c1-11(10-17-15(20)21-16(3,4)5)18-12(2)13-7-6-8-14(19)9-13/h6-9,11-12,18-19H,10H2,1-5H3,(H,17,20). The number of phenols is 1. The summed E-state index contributed by atoms with van der Waals surface area (Å²) < 4.78 is 5.18. The van der Waals surface area contributed by atoms with Crippen LogP contribution in [0.15, 0.2) is 24.3 Å². The Balaban J connectivity index is 2.40. The Kier molecular flexibility index (Phi) is 6.03. The van der Waals surface area contributed by atoms with Gasteiger partial charge in [0.05, 0.1) is 0 Å². The smallest absolute Gasteiger partial charge is 0.407 e. The number of phenolic OH excluding ortho intramolecular Hbond substituents is 1. The predicted octanol–water partition coefficient (Wildman–Crippen LogP) is 2.96. The van der Waals surface area contributed by atoms with E-state index in [0.29, 0.717) is 6.54 Å². The van der Waals surface area contributed by atoms with Crippen LogP contribution in [0, 0.1) is 0 Å². The largest absolute Gasteiger partial charge is 0.508 e. The summed E-state index contributed by atoms with van der Waals surface area (Å²) >= 11 is 0. The van der Waals surface area contributed by atoms with Crippen LogP contribution in [0.1, 0.15) is 46.2 Å². The minimum atomic E-state index is -0.490. The molecule has 0 radical (unpaired) electrons. The molecule has 0 bridgehead atoms. The van der Waals surface area contributed by atoms with Gasteiger partial charge in [-0.15, -0.1) is 0 Å². The van der Waals surface area contributed by atoms with Gasteiger partial charge < -0.3 is 20.5 Å². The second-order valence-electron chi connectivity index (χ2n) is 6.27. The molecule has 0 saturated carbocycles. The highest BCUT2D eigenvalue weighted by molar-refractivity contribution is 5.67. The Morgan fingerprint density at radius 3 is 2.57 bits per heavy atom. The monoisotopic (exact) mass is 294 g/mol. The highest BCUT2D eigenvalue weighted by Crippen LogP contribution is 2.18. The molecular weight excluding hydrogens is 268 g/mol. The van der Waals surface area contributed by atoms with Gasteiger partial charge in [-0.25, -0.2) is 4.79 Å². The van der Waals surface area contributed by atoms with Crippen LogP contribution in [0.3, 0.4) is 0 Å². The molecule has 5 heteroatoms. The number of aromatic hydroxyl groups is 1. The number of carbonyl (C=O) groups excluding carboxylic acids is 1. The molecule has 0 aliphatic heterocycles. The lowest BCUT2D eigenvalue weighted by atomic mass is 10.1. The molecule has 2 unspecified atom stereocenters. The van der Waals surface area contributed by atoms with Crippen molar-refractivity contribution in [2.75, 3.05) is 6.54 Å². The zero-order valence-electron chi connectivity index (χ0n) is 13.4. The van der Waals surface area contributed by atoms with Crippen molar-refractivity contribution in [1.82, 2.24) is 10.6 Å². The maximum absolute atomic E-state index is 11.6. The van der Waals surface area contributed by atoms with Crippen LogP contribution < -0.4 is 10.6 Å². The molecule has 0 aliphatic rings. The van der Waals surface area contributed by atoms with Gasteiger partial charge in [-0.3, -0.25) is 0 Å². The van der Waals surface area contributed by atoms with E-state index in [1.807, 2.05) is 46.8 Å². The van der Waals surface area contributed by atoms with Crippen LogP contribution in [0.5, 0.6) is 5.75 Å². The van der Waals surface area contributed by atoms with Crippen molar-refractivity contribution in [2.45, 2.75) is 52.3 Å². The Hall–Kier alpha value is -1.75. The first kappa shape index (κ1) is 17.3. The highest BCUT2D eigenvalue weighted by atomic mass is 16.6. The van der Waals surface area contributed by atoms with Crippen molar-refractivity contribution in [3.05, 3.63) is 29.8 Å². The Bertz CT molecular complexity index is 469. The second kappa shape index (κ2) is 7.31. The van der Waals surface area contributed by atoms with Gasteiger partial charge in [0, 0.05) is 18.6 Å². The van der Waals surface area contributed by atoms with E-state index in [1.165, 1.54) is 0 Å². The van der Waals surface area contributed by atoms with E-state index in [0.717, 1.165) is 5.56 Å². The van der Waals surface area contributed by atoms with E-state index < -0.39 is 11.7 Å². The van der Waals surface area contributed by atoms with E-state index in [2.05, 4.69) is 10.6 Å². The summed E-state index contributed by atoms with van der Waals surface area (Å²) in [5.74, 6) is 0.251. The summed E-state index contributed by atoms with van der Waals surface area (Å²) in [5, 5.41) is 15.6. The number of hydrogen-bond donors (Lipinski definition) is 3. The molecule has 21 heavy (non-hydrogen) atoms. The van der Waals surface area contributed by atoms with Gasteiger partial charge in [-0.1, -0.05) is 12.1 Å². The molecule has 0 aromatic heterocycles. The lowest BCUT2D eigenvalue weighted by Gasteiger charge is -2.23. The Labute approximate surface area is 126 Å². The summed E-state index contributed by atoms with van der Waals surface area (Å²) in [6.45, 7) is 9.96. The van der Waals surface area contributed by atoms with Crippen LogP contribution >= 0.6 is 0 Å². The molecule has 1 amide bonds. The minimum Gasteiger partial charge on any atom is -0.508 e. The topological polar surface area (TPSA) is 70.6 Å². The van der Waals surface area contributed by atoms with E-state index in [1.54, 1.807) is 12.1 Å². The van der Waals surface area contributed by atoms with Gasteiger partial charge in [0.2, 0.25) is 0 Å². The molecule has 0 heterocycles. The van der Waals surface area contributed by atoms with Gasteiger partial charge in [0.1, 0.15) is 11.4 Å². The molecule has 118 valence electrons. The second-order valence-corrected chi connectivity index (χ2v) is 6.27. The van der Waals surface area contributed by atoms with Crippen molar-refractivity contribution >= 4 is 6.09 Å². The fourth-order valence-corrected chi connectivity index (χ4v) is 1.93. The molecule has 0 fully saturated rings. The first-order valence-electron chi connectivity index (χ1n) is 7.19. The maximum atomic E-state index is 11.6. The molecule has 1 rings (SSSR count). The first-order valence-corrected chi connectivity index (χ1v) is 7.19. The third-order valence-corrected chi connectivity index (χ3v) is 2.86. The van der Waals surface area contributed by atoms with E-state index in [-0.39, 0.29) is 17.8 Å². The SMILES string of the molecule is CC(CNC(=O)OC(C)(C)C)NC(C)c1cccc(O)c1. The number of hydrogen-bond acceptors (Lipinski definition) is 4. The highest BCUT2D eigenvalue weighted by Gasteiger charge is 2.17. The number of alkyl carbamates (subject to hydrolysis) is 1. The molecule has 5 nitrogen and oxygen atoms in total. The van der Waals surface area contributed by atoms with Crippen molar-refractivity contribution in [1.29, 1.82) is 0 Å². The van der Waals surface area contributed by atoms with Crippen molar-refractivity contribution in [3.63, 3.8) is 0 Å². The van der Waals surface area contributed by atoms with Crippen molar-refractivity contribution < 1.29 is 14.6 Å². The van der Waals surface area contributed by atoms with Gasteiger partial charge in [0.15, 0.2) is 0 Å². The lowest BCUT2D eigenvalue weighted by molar-refractivity contribution is 0.0522. The van der Waals surface area contributed by atoms with Crippen LogP contribution in [0.2, 0.25) is 0 Å². The van der Waals surface area contributed by atoms with Crippen LogP contribution in [0.25, 0.3) is 0 Å². The third-order valence-electron chi connectivity index (χ3n) is 2.86. The number of nitrogens with one attached hydrogen (secondary N) is 2. The Morgan fingerprint density at radius 2 is 2.00 bits per heavy atom. The quantitative estimate of drug-likeness (QED) is 0.781. The van der Waals surface area contributed by atoms with E-state index in [9.17, 15) is 9.90 Å². The third kappa shape index (κ3) is 6.99. The number of ether oxygens (including phenoxy) is 1. The summed E-state index contributed by atoms with van der Waals surface area (Å²) in [5.41, 5.74) is 0.509. The number of amides is 1. The lowest BCUT2D eigenvalue weighted by Crippen LogP contribution is -2.41. The fourth-order valence-electron chi connectivity index (χ4n) is 1.93. The first-order chi connectivity index (χ1) is 9.67. The normalized spacial score (nSPS) is 14.3. The molecular formula is C16H26N2O3. The van der Waals surface area contributed by atoms with Crippen LogP contribution in [-0.2, 0) is 4.74 Å². The molecule has 0 aliphatic carbocycles. The zero-order valence-corrected chi connectivity index (χ0v) is 13.4. The maximum Gasteiger partial charge on any atom is 0.407 e. The zero-order chi connectivity index (χ0) is 16.0. The summed E-state index contributed by atoms with van der Waals surface area (Å²) in [6, 6.07) is 7.29. The van der Waals surface area contributed by atoms with E-state index in [4.69, 9.17) is 4.74 Å². The van der Waals surface area contributed by atoms with Gasteiger partial charge in [-0.05, 0) is 52.3 Å². The average Bonchev–Trinajstić information content (AvgIpc) is 2.34. The number of benzene rings is 1. The molecule has 1 aromatic rings. The van der Waals surface area contributed by atoms with Crippen LogP contribution in [-0.4, -0.2) is 29.4 Å². The number of carbonyl (C=O) groups is 1. The van der Waals surface area contributed by atoms with Gasteiger partial charge >= 0.3 is 6.09 Å². The molecule has 3 N–H and O–H groups in total. The van der Waals surface area contributed by atoms with Crippen molar-refractivity contribution in [2.24, 2.45) is 0 Å². The summed E-state index contributed by atoms with van der Waals surface area (Å²) in [4.78, 5) is 11.6. The van der Waals surface area contributed by atoms with Gasteiger partial charge in [0.25, 0.3) is 0 Å². The molecule has 0 saturated heterocycles. The summed E-state index contributed by atoms with van der Waals surface area (Å²) in [6.07, 6.45) is -0.416.